The van der Waals surface area contributed by atoms with E-state index in [0.29, 0.717) is 18.9 Å². The first kappa shape index (κ1) is 16.5. The van der Waals surface area contributed by atoms with Gasteiger partial charge in [-0.3, -0.25) is 10.1 Å². The number of rotatable bonds is 5. The minimum absolute atomic E-state index is 0.298. The number of nitrogens with zero attached hydrogens (tertiary/aromatic N) is 1. The van der Waals surface area contributed by atoms with Gasteiger partial charge in [-0.05, 0) is 44.2 Å². The van der Waals surface area contributed by atoms with E-state index in [-0.39, 0.29) is 5.91 Å². The summed E-state index contributed by atoms with van der Waals surface area (Å²) in [5.74, 6) is 0.337. The number of carbonyl (C=O) groups is 2. The summed E-state index contributed by atoms with van der Waals surface area (Å²) in [6.07, 6.45) is 3.80. The Morgan fingerprint density at radius 3 is 2.73 bits per heavy atom. The van der Waals surface area contributed by atoms with Gasteiger partial charge in [-0.2, -0.15) is 0 Å². The van der Waals surface area contributed by atoms with Crippen LogP contribution in [-0.4, -0.2) is 36.5 Å². The molecule has 1 aliphatic heterocycles. The van der Waals surface area contributed by atoms with Crippen LogP contribution in [0.1, 0.15) is 30.4 Å². The summed E-state index contributed by atoms with van der Waals surface area (Å²) in [5, 5.41) is 2.11. The van der Waals surface area contributed by atoms with Gasteiger partial charge in [-0.25, -0.2) is 4.79 Å². The maximum Gasteiger partial charge on any atom is 0.318 e. The number of nitrogens with one attached hydrogen (secondary N) is 1. The average Bonchev–Trinajstić information content (AvgIpc) is 2.47. The Hall–Kier alpha value is -1.88. The molecule has 0 aliphatic carbocycles. The van der Waals surface area contributed by atoms with E-state index in [0.717, 1.165) is 25.9 Å². The van der Waals surface area contributed by atoms with Gasteiger partial charge in [-0.1, -0.05) is 29.8 Å². The van der Waals surface area contributed by atoms with Gasteiger partial charge in [0.05, 0.1) is 0 Å². The highest BCUT2D eigenvalue weighted by Crippen LogP contribution is 2.21. The molecule has 5 heteroatoms. The topological polar surface area (TPSA) is 75.4 Å². The van der Waals surface area contributed by atoms with Gasteiger partial charge in [-0.15, -0.1) is 0 Å². The Balaban J connectivity index is 1.77. The van der Waals surface area contributed by atoms with Crippen molar-refractivity contribution in [3.8, 4) is 0 Å². The molecule has 1 atom stereocenters. The monoisotopic (exact) mass is 303 g/mol. The van der Waals surface area contributed by atoms with E-state index >= 15 is 0 Å². The van der Waals surface area contributed by atoms with Crippen molar-refractivity contribution >= 4 is 11.9 Å². The van der Waals surface area contributed by atoms with Gasteiger partial charge in [0.1, 0.15) is 0 Å². The number of hydrogen-bond acceptors (Lipinski definition) is 3. The number of carbonyl (C=O) groups excluding carboxylic acids is 2. The zero-order valence-electron chi connectivity index (χ0n) is 13.2. The van der Waals surface area contributed by atoms with E-state index in [1.807, 2.05) is 0 Å². The van der Waals surface area contributed by atoms with Crippen molar-refractivity contribution in [2.45, 2.75) is 32.6 Å². The minimum atomic E-state index is -0.777. The molecular weight excluding hydrogens is 278 g/mol. The van der Waals surface area contributed by atoms with Crippen molar-refractivity contribution in [3.05, 3.63) is 35.4 Å². The Labute approximate surface area is 131 Å². The largest absolute Gasteiger partial charge is 0.351 e. The van der Waals surface area contributed by atoms with Crippen LogP contribution in [0.15, 0.2) is 24.3 Å². The lowest BCUT2D eigenvalue weighted by molar-refractivity contribution is -0.120. The summed E-state index contributed by atoms with van der Waals surface area (Å²) in [4.78, 5) is 24.4. The van der Waals surface area contributed by atoms with E-state index in [1.165, 1.54) is 17.5 Å². The summed E-state index contributed by atoms with van der Waals surface area (Å²) in [6.45, 7) is 4.82. The van der Waals surface area contributed by atoms with Gasteiger partial charge in [0.25, 0.3) is 0 Å². The Bertz CT molecular complexity index is 513. The molecule has 0 radical (unpaired) electrons. The second-order valence-corrected chi connectivity index (χ2v) is 6.16. The summed E-state index contributed by atoms with van der Waals surface area (Å²) < 4.78 is 0. The molecule has 0 bridgehead atoms. The highest BCUT2D eigenvalue weighted by molar-refractivity contribution is 5.93. The Kier molecular flexibility index (Phi) is 5.95. The quantitative estimate of drug-likeness (QED) is 0.871. The van der Waals surface area contributed by atoms with Crippen molar-refractivity contribution in [1.82, 2.24) is 10.2 Å². The molecule has 0 spiro atoms. The molecule has 1 heterocycles. The molecule has 0 aromatic heterocycles. The summed E-state index contributed by atoms with van der Waals surface area (Å²) in [7, 11) is 0. The van der Waals surface area contributed by atoms with Crippen molar-refractivity contribution in [2.24, 2.45) is 11.7 Å². The van der Waals surface area contributed by atoms with Crippen LogP contribution >= 0.6 is 0 Å². The molecule has 3 amide bonds. The molecule has 22 heavy (non-hydrogen) atoms. The molecule has 1 aliphatic rings. The van der Waals surface area contributed by atoms with Crippen molar-refractivity contribution < 1.29 is 9.59 Å². The maximum absolute atomic E-state index is 11.5. The lowest BCUT2D eigenvalue weighted by atomic mass is 9.91. The standard InChI is InChI=1S/C17H25N3O2/c1-13-4-6-14(7-5-13)11-15-3-2-9-20(12-15)10-8-16(21)19-17(18)22/h4-7,15H,2-3,8-12H2,1H3,(H3,18,19,21,22)/t15-/m1/s1. The second-order valence-electron chi connectivity index (χ2n) is 6.16. The van der Waals surface area contributed by atoms with Crippen molar-refractivity contribution in [2.75, 3.05) is 19.6 Å². The molecule has 5 nitrogen and oxygen atoms in total. The van der Waals surface area contributed by atoms with Crippen LogP contribution in [-0.2, 0) is 11.2 Å². The SMILES string of the molecule is Cc1ccc(C[C@H]2CCCN(CCC(=O)NC(N)=O)C2)cc1. The maximum atomic E-state index is 11.5. The van der Waals surface area contributed by atoms with Gasteiger partial charge < -0.3 is 10.6 Å². The number of urea groups is 1. The molecule has 3 N–H and O–H groups in total. The predicted octanol–water partition coefficient (Wildman–Crippen LogP) is 1.83. The average molecular weight is 303 g/mol. The molecule has 0 unspecified atom stereocenters. The zero-order valence-corrected chi connectivity index (χ0v) is 13.2. The molecule has 1 fully saturated rings. The number of hydrogen-bond donors (Lipinski definition) is 2. The summed E-state index contributed by atoms with van der Waals surface area (Å²) >= 11 is 0. The molecule has 0 saturated carbocycles. The van der Waals surface area contributed by atoms with Crippen LogP contribution < -0.4 is 11.1 Å². The predicted molar refractivity (Wildman–Crippen MR) is 86.4 cm³/mol. The first-order chi connectivity index (χ1) is 10.5. The lowest BCUT2D eigenvalue weighted by Gasteiger charge is -2.32. The molecule has 1 aromatic rings. The first-order valence-corrected chi connectivity index (χ1v) is 7.90. The van der Waals surface area contributed by atoms with Crippen LogP contribution in [0.2, 0.25) is 0 Å². The van der Waals surface area contributed by atoms with E-state index in [9.17, 15) is 9.59 Å². The zero-order chi connectivity index (χ0) is 15.9. The molecule has 1 saturated heterocycles. The van der Waals surface area contributed by atoms with E-state index < -0.39 is 6.03 Å². The smallest absolute Gasteiger partial charge is 0.318 e. The van der Waals surface area contributed by atoms with E-state index in [4.69, 9.17) is 5.73 Å². The number of aryl methyl sites for hydroxylation is 1. The molecular formula is C17H25N3O2. The number of primary amides is 1. The highest BCUT2D eigenvalue weighted by Gasteiger charge is 2.20. The second kappa shape index (κ2) is 7.94. The number of benzene rings is 1. The van der Waals surface area contributed by atoms with Gasteiger partial charge >= 0.3 is 6.03 Å². The van der Waals surface area contributed by atoms with Crippen molar-refractivity contribution in [3.63, 3.8) is 0 Å². The molecule has 120 valence electrons. The Morgan fingerprint density at radius 1 is 1.32 bits per heavy atom. The van der Waals surface area contributed by atoms with E-state index in [2.05, 4.69) is 41.4 Å². The third-order valence-electron chi connectivity index (χ3n) is 4.17. The van der Waals surface area contributed by atoms with Crippen LogP contribution in [0.5, 0.6) is 0 Å². The van der Waals surface area contributed by atoms with Crippen LogP contribution in [0.25, 0.3) is 0 Å². The summed E-state index contributed by atoms with van der Waals surface area (Å²) in [5.41, 5.74) is 7.60. The molecule has 1 aromatic carbocycles. The third kappa shape index (κ3) is 5.48. The third-order valence-corrected chi connectivity index (χ3v) is 4.17. The van der Waals surface area contributed by atoms with Gasteiger partial charge in [0, 0.05) is 19.5 Å². The minimum Gasteiger partial charge on any atom is -0.351 e. The summed E-state index contributed by atoms with van der Waals surface area (Å²) in [6, 6.07) is 7.94. The number of nitrogens with two attached hydrogens (primary N) is 1. The van der Waals surface area contributed by atoms with Gasteiger partial charge in [0.15, 0.2) is 0 Å². The normalized spacial score (nSPS) is 18.9. The van der Waals surface area contributed by atoms with E-state index in [1.54, 1.807) is 0 Å². The van der Waals surface area contributed by atoms with Crippen LogP contribution in [0.3, 0.4) is 0 Å². The number of amides is 3. The fourth-order valence-corrected chi connectivity index (χ4v) is 3.04. The van der Waals surface area contributed by atoms with Crippen molar-refractivity contribution in [1.29, 1.82) is 0 Å². The molecule has 2 rings (SSSR count). The number of imide groups is 1. The first-order valence-electron chi connectivity index (χ1n) is 7.90. The van der Waals surface area contributed by atoms with Gasteiger partial charge in [0.2, 0.25) is 5.91 Å². The number of piperidine rings is 1. The fourth-order valence-electron chi connectivity index (χ4n) is 3.04. The van der Waals surface area contributed by atoms with Crippen LogP contribution in [0, 0.1) is 12.8 Å². The lowest BCUT2D eigenvalue weighted by Crippen LogP contribution is -2.40. The number of likely N-dealkylation sites (tertiary alicyclic amines) is 1. The highest BCUT2D eigenvalue weighted by atomic mass is 16.2. The van der Waals surface area contributed by atoms with Crippen LogP contribution in [0.4, 0.5) is 4.79 Å². The fraction of sp³-hybridized carbons (Fsp3) is 0.529. The Morgan fingerprint density at radius 2 is 2.05 bits per heavy atom.